The molecule has 1 aromatic carbocycles. The maximum atomic E-state index is 12.4. The molecule has 1 aromatic rings. The first-order valence-corrected chi connectivity index (χ1v) is 6.14. The van der Waals surface area contributed by atoms with Gasteiger partial charge in [0.15, 0.2) is 0 Å². The van der Waals surface area contributed by atoms with Crippen LogP contribution in [0.3, 0.4) is 0 Å². The van der Waals surface area contributed by atoms with Crippen LogP contribution in [-0.2, 0) is 9.59 Å². The van der Waals surface area contributed by atoms with E-state index in [1.807, 2.05) is 0 Å². The number of amides is 3. The minimum atomic E-state index is -1.17. The summed E-state index contributed by atoms with van der Waals surface area (Å²) in [4.78, 5) is 46.8. The third-order valence-corrected chi connectivity index (χ3v) is 3.36. The molecule has 2 rings (SSSR count). The van der Waals surface area contributed by atoms with Gasteiger partial charge in [0, 0.05) is 17.7 Å². The monoisotopic (exact) mass is 291 g/mol. The number of hydrogen-bond acceptors (Lipinski definition) is 5. The highest BCUT2D eigenvalue weighted by atomic mass is 16.6. The van der Waals surface area contributed by atoms with Gasteiger partial charge in [-0.2, -0.15) is 0 Å². The fraction of sp³-hybridized carbons (Fsp3) is 0.308. The molecule has 0 spiro atoms. The molecule has 8 nitrogen and oxygen atoms in total. The molecule has 0 aliphatic carbocycles. The number of nitrogens with one attached hydrogen (secondary N) is 1. The average Bonchev–Trinajstić information content (AvgIpc) is 2.42. The second kappa shape index (κ2) is 4.97. The Morgan fingerprint density at radius 2 is 1.86 bits per heavy atom. The van der Waals surface area contributed by atoms with E-state index in [2.05, 4.69) is 5.32 Å². The van der Waals surface area contributed by atoms with Crippen molar-refractivity contribution in [1.29, 1.82) is 0 Å². The van der Waals surface area contributed by atoms with Crippen molar-refractivity contribution >= 4 is 23.4 Å². The van der Waals surface area contributed by atoms with Crippen molar-refractivity contribution in [3.63, 3.8) is 0 Å². The van der Waals surface area contributed by atoms with Crippen LogP contribution < -0.4 is 5.32 Å². The van der Waals surface area contributed by atoms with Crippen LogP contribution in [0.2, 0.25) is 0 Å². The number of non-ortho nitro benzene ring substituents is 1. The normalized spacial score (nSPS) is 17.3. The number of hydrogen-bond donors (Lipinski definition) is 1. The molecule has 0 saturated carbocycles. The Labute approximate surface area is 119 Å². The lowest BCUT2D eigenvalue weighted by atomic mass is 9.97. The lowest BCUT2D eigenvalue weighted by Gasteiger charge is -2.40. The maximum absolute atomic E-state index is 12.4. The van der Waals surface area contributed by atoms with Crippen molar-refractivity contribution in [2.45, 2.75) is 19.4 Å². The van der Waals surface area contributed by atoms with Gasteiger partial charge in [0.1, 0.15) is 12.1 Å². The molecular formula is C13H13N3O5. The van der Waals surface area contributed by atoms with E-state index in [-0.39, 0.29) is 17.8 Å². The van der Waals surface area contributed by atoms with Gasteiger partial charge in [-0.1, -0.05) is 0 Å². The highest BCUT2D eigenvalue weighted by Gasteiger charge is 2.43. The second-order valence-corrected chi connectivity index (χ2v) is 5.13. The molecule has 0 unspecified atom stereocenters. The van der Waals surface area contributed by atoms with Crippen LogP contribution >= 0.6 is 0 Å². The van der Waals surface area contributed by atoms with Gasteiger partial charge in [0.25, 0.3) is 17.5 Å². The molecule has 0 bridgehead atoms. The Hall–Kier alpha value is -2.77. The summed E-state index contributed by atoms with van der Waals surface area (Å²) in [7, 11) is 0. The molecule has 1 saturated heterocycles. The standard InChI is InChI=1S/C13H13N3O5/c1-13(2)12(19)14-10(17)7-15(13)11(18)8-3-5-9(6-4-8)16(20)21/h3-6H,7H2,1-2H3,(H,14,17,19). The molecule has 1 aliphatic heterocycles. The zero-order valence-corrected chi connectivity index (χ0v) is 11.5. The Morgan fingerprint density at radius 1 is 1.29 bits per heavy atom. The van der Waals surface area contributed by atoms with Gasteiger partial charge in [0.05, 0.1) is 4.92 Å². The third kappa shape index (κ3) is 2.60. The predicted octanol–water partition coefficient (Wildman–Crippen LogP) is 0.472. The smallest absolute Gasteiger partial charge is 0.269 e. The second-order valence-electron chi connectivity index (χ2n) is 5.13. The van der Waals surface area contributed by atoms with E-state index in [0.29, 0.717) is 0 Å². The SMILES string of the molecule is CC1(C)C(=O)NC(=O)CN1C(=O)c1ccc([N+](=O)[O-])cc1. The highest BCUT2D eigenvalue weighted by molar-refractivity contribution is 6.08. The minimum Gasteiger partial charge on any atom is -0.315 e. The lowest BCUT2D eigenvalue weighted by Crippen LogP contribution is -2.65. The molecular weight excluding hydrogens is 278 g/mol. The minimum absolute atomic E-state index is 0.140. The van der Waals surface area contributed by atoms with Crippen LogP contribution in [-0.4, -0.2) is 39.6 Å². The Balaban J connectivity index is 2.31. The number of nitrogens with zero attached hydrogens (tertiary/aromatic N) is 2. The molecule has 8 heteroatoms. The van der Waals surface area contributed by atoms with Gasteiger partial charge < -0.3 is 4.90 Å². The van der Waals surface area contributed by atoms with Crippen LogP contribution in [0, 0.1) is 10.1 Å². The molecule has 110 valence electrons. The molecule has 1 heterocycles. The lowest BCUT2D eigenvalue weighted by molar-refractivity contribution is -0.384. The van der Waals surface area contributed by atoms with Crippen molar-refractivity contribution < 1.29 is 19.3 Å². The van der Waals surface area contributed by atoms with Crippen molar-refractivity contribution in [3.8, 4) is 0 Å². The number of nitro benzene ring substituents is 1. The van der Waals surface area contributed by atoms with Crippen LogP contribution in [0.4, 0.5) is 5.69 Å². The number of piperazine rings is 1. The summed E-state index contributed by atoms with van der Waals surface area (Å²) in [6.45, 7) is 2.81. The summed E-state index contributed by atoms with van der Waals surface area (Å²) in [5, 5.41) is 12.8. The number of benzene rings is 1. The maximum Gasteiger partial charge on any atom is 0.269 e. The Kier molecular flexibility index (Phi) is 3.46. The average molecular weight is 291 g/mol. The topological polar surface area (TPSA) is 110 Å². The first-order chi connectivity index (χ1) is 9.73. The van der Waals surface area contributed by atoms with Crippen LogP contribution in [0.15, 0.2) is 24.3 Å². The molecule has 0 aromatic heterocycles. The summed E-state index contributed by atoms with van der Waals surface area (Å²) in [5.41, 5.74) is -1.14. The largest absolute Gasteiger partial charge is 0.315 e. The first kappa shape index (κ1) is 14.6. The van der Waals surface area contributed by atoms with E-state index in [9.17, 15) is 24.5 Å². The quantitative estimate of drug-likeness (QED) is 0.484. The number of carbonyl (C=O) groups is 3. The van der Waals surface area contributed by atoms with Crippen LogP contribution in [0.5, 0.6) is 0 Å². The van der Waals surface area contributed by atoms with E-state index >= 15 is 0 Å². The van der Waals surface area contributed by atoms with E-state index in [1.165, 1.54) is 38.1 Å². The van der Waals surface area contributed by atoms with E-state index < -0.39 is 28.2 Å². The van der Waals surface area contributed by atoms with Gasteiger partial charge >= 0.3 is 0 Å². The molecule has 3 amide bonds. The van der Waals surface area contributed by atoms with E-state index in [4.69, 9.17) is 0 Å². The van der Waals surface area contributed by atoms with E-state index in [0.717, 1.165) is 4.90 Å². The van der Waals surface area contributed by atoms with Crippen LogP contribution in [0.1, 0.15) is 24.2 Å². The van der Waals surface area contributed by atoms with Crippen molar-refractivity contribution in [3.05, 3.63) is 39.9 Å². The van der Waals surface area contributed by atoms with Crippen molar-refractivity contribution in [2.75, 3.05) is 6.54 Å². The van der Waals surface area contributed by atoms with Gasteiger partial charge in [-0.05, 0) is 26.0 Å². The number of rotatable bonds is 2. The highest BCUT2D eigenvalue weighted by Crippen LogP contribution is 2.22. The Bertz CT molecular complexity index is 636. The van der Waals surface area contributed by atoms with Crippen molar-refractivity contribution in [1.82, 2.24) is 10.2 Å². The van der Waals surface area contributed by atoms with Gasteiger partial charge in [-0.25, -0.2) is 0 Å². The number of carbonyl (C=O) groups excluding carboxylic acids is 3. The fourth-order valence-electron chi connectivity index (χ4n) is 1.99. The molecule has 21 heavy (non-hydrogen) atoms. The van der Waals surface area contributed by atoms with Gasteiger partial charge in [-0.3, -0.25) is 29.8 Å². The summed E-state index contributed by atoms with van der Waals surface area (Å²) >= 11 is 0. The number of nitro groups is 1. The molecule has 0 atom stereocenters. The molecule has 1 aliphatic rings. The third-order valence-electron chi connectivity index (χ3n) is 3.36. The van der Waals surface area contributed by atoms with Crippen molar-refractivity contribution in [2.24, 2.45) is 0 Å². The predicted molar refractivity (Wildman–Crippen MR) is 71.4 cm³/mol. The Morgan fingerprint density at radius 3 is 2.38 bits per heavy atom. The zero-order valence-electron chi connectivity index (χ0n) is 11.5. The zero-order chi connectivity index (χ0) is 15.8. The fourth-order valence-corrected chi connectivity index (χ4v) is 1.99. The summed E-state index contributed by atoms with van der Waals surface area (Å²) in [5.74, 6) is -1.65. The molecule has 0 radical (unpaired) electrons. The summed E-state index contributed by atoms with van der Waals surface area (Å²) in [6, 6.07) is 5.00. The molecule has 1 fully saturated rings. The summed E-state index contributed by atoms with van der Waals surface area (Å²) < 4.78 is 0. The number of imide groups is 1. The molecule has 1 N–H and O–H groups in total. The summed E-state index contributed by atoms with van der Waals surface area (Å²) in [6.07, 6.45) is 0. The first-order valence-electron chi connectivity index (χ1n) is 6.14. The van der Waals surface area contributed by atoms with Crippen LogP contribution in [0.25, 0.3) is 0 Å². The van der Waals surface area contributed by atoms with E-state index in [1.54, 1.807) is 0 Å². The van der Waals surface area contributed by atoms with Gasteiger partial charge in [0.2, 0.25) is 5.91 Å². The van der Waals surface area contributed by atoms with Gasteiger partial charge in [-0.15, -0.1) is 0 Å².